The van der Waals surface area contributed by atoms with E-state index in [4.69, 9.17) is 0 Å². The van der Waals surface area contributed by atoms with Crippen LogP contribution in [0.2, 0.25) is 0 Å². The first-order valence-electron chi connectivity index (χ1n) is 4.69. The van der Waals surface area contributed by atoms with Crippen LogP contribution in [0.5, 0.6) is 0 Å². The van der Waals surface area contributed by atoms with Gasteiger partial charge >= 0.3 is 0 Å². The summed E-state index contributed by atoms with van der Waals surface area (Å²) in [7, 11) is 0. The molecule has 0 aromatic rings. The lowest BCUT2D eigenvalue weighted by atomic mass is 10.1. The molecule has 0 heteroatoms. The van der Waals surface area contributed by atoms with E-state index in [1.165, 1.54) is 32.1 Å². The molecule has 0 radical (unpaired) electrons. The SMILES string of the molecule is C/C=C\C=C\CCCCCC. The van der Waals surface area contributed by atoms with Crippen LogP contribution in [-0.2, 0) is 0 Å². The summed E-state index contributed by atoms with van der Waals surface area (Å²) in [5.74, 6) is 0. The lowest BCUT2D eigenvalue weighted by Crippen LogP contribution is -1.72. The molecule has 0 saturated heterocycles. The predicted molar refractivity (Wildman–Crippen MR) is 52.7 cm³/mol. The zero-order valence-corrected chi connectivity index (χ0v) is 7.84. The Balaban J connectivity index is 3.01. The minimum absolute atomic E-state index is 1.24. The predicted octanol–water partition coefficient (Wildman–Crippen LogP) is 4.09. The highest BCUT2D eigenvalue weighted by Crippen LogP contribution is 2.02. The number of allylic oxidation sites excluding steroid dienone is 4. The van der Waals surface area contributed by atoms with Crippen LogP contribution < -0.4 is 0 Å². The summed E-state index contributed by atoms with van der Waals surface area (Å²) < 4.78 is 0. The highest BCUT2D eigenvalue weighted by atomic mass is 13.9. The third kappa shape index (κ3) is 9.48. The third-order valence-electron chi connectivity index (χ3n) is 1.66. The van der Waals surface area contributed by atoms with E-state index in [9.17, 15) is 0 Å². The van der Waals surface area contributed by atoms with Crippen molar-refractivity contribution in [1.29, 1.82) is 0 Å². The Morgan fingerprint density at radius 3 is 2.45 bits per heavy atom. The third-order valence-corrected chi connectivity index (χ3v) is 1.66. The van der Waals surface area contributed by atoms with E-state index in [2.05, 4.69) is 31.2 Å². The normalized spacial score (nSPS) is 11.8. The summed E-state index contributed by atoms with van der Waals surface area (Å²) in [6.07, 6.45) is 15.2. The molecule has 0 aliphatic rings. The number of hydrogen-bond donors (Lipinski definition) is 0. The molecule has 0 aromatic heterocycles. The van der Waals surface area contributed by atoms with Crippen molar-refractivity contribution in [3.8, 4) is 0 Å². The molecule has 0 bridgehead atoms. The first-order valence-corrected chi connectivity index (χ1v) is 4.69. The summed E-state index contributed by atoms with van der Waals surface area (Å²) in [6.45, 7) is 4.29. The van der Waals surface area contributed by atoms with Crippen molar-refractivity contribution in [1.82, 2.24) is 0 Å². The fraction of sp³-hybridized carbons (Fsp3) is 0.636. The summed E-state index contributed by atoms with van der Waals surface area (Å²) in [4.78, 5) is 0. The summed E-state index contributed by atoms with van der Waals surface area (Å²) in [5, 5.41) is 0. The molecule has 0 aliphatic carbocycles. The molecule has 0 unspecified atom stereocenters. The minimum Gasteiger partial charge on any atom is -0.0877 e. The van der Waals surface area contributed by atoms with Gasteiger partial charge in [-0.15, -0.1) is 0 Å². The molecule has 11 heavy (non-hydrogen) atoms. The van der Waals surface area contributed by atoms with E-state index < -0.39 is 0 Å². The van der Waals surface area contributed by atoms with Gasteiger partial charge < -0.3 is 0 Å². The van der Waals surface area contributed by atoms with Crippen molar-refractivity contribution in [2.45, 2.75) is 46.0 Å². The highest BCUT2D eigenvalue weighted by Gasteiger charge is 1.82. The molecule has 0 spiro atoms. The van der Waals surface area contributed by atoms with Gasteiger partial charge in [-0.05, 0) is 19.8 Å². The average Bonchev–Trinajstić information content (AvgIpc) is 2.03. The van der Waals surface area contributed by atoms with Crippen molar-refractivity contribution in [3.63, 3.8) is 0 Å². The van der Waals surface area contributed by atoms with Gasteiger partial charge in [0.25, 0.3) is 0 Å². The van der Waals surface area contributed by atoms with Gasteiger partial charge in [0, 0.05) is 0 Å². The monoisotopic (exact) mass is 152 g/mol. The number of rotatable bonds is 6. The van der Waals surface area contributed by atoms with E-state index in [0.717, 1.165) is 0 Å². The standard InChI is InChI=1S/C11H20/c1-3-5-7-9-11-10-8-6-4-2/h3,5,7,9H,4,6,8,10-11H2,1-2H3/b5-3-,9-7+. The van der Waals surface area contributed by atoms with Crippen LogP contribution in [0.4, 0.5) is 0 Å². The first-order chi connectivity index (χ1) is 5.41. The molecule has 0 heterocycles. The Morgan fingerprint density at radius 1 is 1.00 bits per heavy atom. The Morgan fingerprint density at radius 2 is 1.82 bits per heavy atom. The molecule has 0 rings (SSSR count). The number of unbranched alkanes of at least 4 members (excludes halogenated alkanes) is 4. The van der Waals surface area contributed by atoms with Crippen LogP contribution >= 0.6 is 0 Å². The maximum atomic E-state index is 2.25. The quantitative estimate of drug-likeness (QED) is 0.397. The van der Waals surface area contributed by atoms with Gasteiger partial charge in [-0.1, -0.05) is 50.5 Å². The Hall–Kier alpha value is -0.520. The second kappa shape index (κ2) is 9.48. The van der Waals surface area contributed by atoms with Gasteiger partial charge in [-0.25, -0.2) is 0 Å². The smallest absolute Gasteiger partial charge is 0.0348 e. The molecule has 0 saturated carbocycles. The summed E-state index contributed by atoms with van der Waals surface area (Å²) in [5.41, 5.74) is 0. The Kier molecular flexibility index (Phi) is 9.03. The zero-order valence-electron chi connectivity index (χ0n) is 7.84. The summed E-state index contributed by atoms with van der Waals surface area (Å²) >= 11 is 0. The molecule has 0 aliphatic heterocycles. The summed E-state index contributed by atoms with van der Waals surface area (Å²) in [6, 6.07) is 0. The number of hydrogen-bond acceptors (Lipinski definition) is 0. The molecule has 0 amide bonds. The van der Waals surface area contributed by atoms with Gasteiger partial charge in [0.05, 0.1) is 0 Å². The minimum atomic E-state index is 1.24. The van der Waals surface area contributed by atoms with Crippen molar-refractivity contribution in [2.75, 3.05) is 0 Å². The van der Waals surface area contributed by atoms with E-state index in [1.807, 2.05) is 6.92 Å². The van der Waals surface area contributed by atoms with Gasteiger partial charge in [-0.3, -0.25) is 0 Å². The molecule has 0 atom stereocenters. The maximum absolute atomic E-state index is 2.25. The maximum Gasteiger partial charge on any atom is -0.0348 e. The zero-order chi connectivity index (χ0) is 8.36. The van der Waals surface area contributed by atoms with Gasteiger partial charge in [0.2, 0.25) is 0 Å². The van der Waals surface area contributed by atoms with E-state index in [1.54, 1.807) is 0 Å². The lowest BCUT2D eigenvalue weighted by Gasteiger charge is -1.92. The second-order valence-corrected chi connectivity index (χ2v) is 2.80. The molecule has 0 aromatic carbocycles. The van der Waals surface area contributed by atoms with Gasteiger partial charge in [-0.2, -0.15) is 0 Å². The van der Waals surface area contributed by atoms with Gasteiger partial charge in [0.1, 0.15) is 0 Å². The van der Waals surface area contributed by atoms with Gasteiger partial charge in [0.15, 0.2) is 0 Å². The molecule has 0 nitrogen and oxygen atoms in total. The molecule has 0 fully saturated rings. The van der Waals surface area contributed by atoms with Crippen LogP contribution in [0.25, 0.3) is 0 Å². The van der Waals surface area contributed by atoms with Crippen molar-refractivity contribution in [2.24, 2.45) is 0 Å². The molecular formula is C11H20. The first kappa shape index (κ1) is 10.5. The average molecular weight is 152 g/mol. The van der Waals surface area contributed by atoms with Crippen LogP contribution in [-0.4, -0.2) is 0 Å². The lowest BCUT2D eigenvalue weighted by molar-refractivity contribution is 0.674. The molecule has 0 N–H and O–H groups in total. The molecular weight excluding hydrogens is 132 g/mol. The van der Waals surface area contributed by atoms with Crippen LogP contribution in [0, 0.1) is 0 Å². The van der Waals surface area contributed by atoms with Crippen LogP contribution in [0.3, 0.4) is 0 Å². The second-order valence-electron chi connectivity index (χ2n) is 2.80. The van der Waals surface area contributed by atoms with Crippen LogP contribution in [0.1, 0.15) is 46.0 Å². The Labute approximate surface area is 71.0 Å². The van der Waals surface area contributed by atoms with E-state index in [-0.39, 0.29) is 0 Å². The van der Waals surface area contributed by atoms with Crippen molar-refractivity contribution < 1.29 is 0 Å². The largest absolute Gasteiger partial charge is 0.0877 e. The highest BCUT2D eigenvalue weighted by molar-refractivity contribution is 5.00. The molecule has 64 valence electrons. The fourth-order valence-electron chi connectivity index (χ4n) is 0.975. The van der Waals surface area contributed by atoms with Crippen molar-refractivity contribution >= 4 is 0 Å². The van der Waals surface area contributed by atoms with E-state index in [0.29, 0.717) is 0 Å². The van der Waals surface area contributed by atoms with Crippen LogP contribution in [0.15, 0.2) is 24.3 Å². The fourth-order valence-corrected chi connectivity index (χ4v) is 0.975. The van der Waals surface area contributed by atoms with E-state index >= 15 is 0 Å². The topological polar surface area (TPSA) is 0 Å². The Bertz CT molecular complexity index is 109. The van der Waals surface area contributed by atoms with Crippen molar-refractivity contribution in [3.05, 3.63) is 24.3 Å².